The Balaban J connectivity index is 1.35. The maximum atomic E-state index is 13.9. The number of nitrogens with one attached hydrogen (secondary N) is 1. The van der Waals surface area contributed by atoms with Crippen LogP contribution in [0.2, 0.25) is 0 Å². The minimum Gasteiger partial charge on any atom is -0.441 e. The molecule has 2 heterocycles. The monoisotopic (exact) mass is 411 g/mol. The first-order valence-corrected chi connectivity index (χ1v) is 9.60. The number of aryl methyl sites for hydroxylation is 1. The van der Waals surface area contributed by atoms with Crippen molar-refractivity contribution in [1.29, 1.82) is 0 Å². The smallest absolute Gasteiger partial charge is 0.227 e. The lowest BCUT2D eigenvalue weighted by atomic mass is 10.2. The van der Waals surface area contributed by atoms with E-state index in [1.54, 1.807) is 23.1 Å². The molecule has 0 aliphatic carbocycles. The molecule has 1 N–H and O–H groups in total. The van der Waals surface area contributed by atoms with Gasteiger partial charge in [-0.3, -0.25) is 9.59 Å². The molecule has 0 radical (unpaired) electrons. The van der Waals surface area contributed by atoms with Crippen LogP contribution in [0.4, 0.5) is 20.2 Å². The van der Waals surface area contributed by atoms with Gasteiger partial charge >= 0.3 is 0 Å². The van der Waals surface area contributed by atoms with Gasteiger partial charge in [0.25, 0.3) is 0 Å². The topological polar surface area (TPSA) is 75.4 Å². The molecule has 4 rings (SSSR count). The van der Waals surface area contributed by atoms with Crippen LogP contribution in [-0.4, -0.2) is 23.3 Å². The fraction of sp³-hybridized carbons (Fsp3) is 0.227. The molecule has 1 saturated heterocycles. The van der Waals surface area contributed by atoms with Crippen molar-refractivity contribution < 1.29 is 22.8 Å². The lowest BCUT2D eigenvalue weighted by Crippen LogP contribution is -2.23. The zero-order chi connectivity index (χ0) is 21.1. The van der Waals surface area contributed by atoms with Gasteiger partial charge in [0, 0.05) is 43.2 Å². The number of rotatable bonds is 6. The van der Waals surface area contributed by atoms with E-state index in [0.717, 1.165) is 24.2 Å². The standard InChI is InChI=1S/C22H19F2N3O3/c23-14-6-7-17(18(24)11-14)19-13-25-21(30-19)9-8-20(28)26-15-3-1-4-16(12-15)27-10-2-5-22(27)29/h1,3-4,6-7,11-13H,2,5,8-10H2,(H,26,28). The van der Waals surface area contributed by atoms with E-state index in [9.17, 15) is 18.4 Å². The van der Waals surface area contributed by atoms with Crippen molar-refractivity contribution in [2.75, 3.05) is 16.8 Å². The van der Waals surface area contributed by atoms with Gasteiger partial charge in [0.2, 0.25) is 11.8 Å². The number of benzene rings is 2. The summed E-state index contributed by atoms with van der Waals surface area (Å²) in [5, 5.41) is 2.80. The molecule has 0 atom stereocenters. The maximum absolute atomic E-state index is 13.9. The summed E-state index contributed by atoms with van der Waals surface area (Å²) in [7, 11) is 0. The van der Waals surface area contributed by atoms with Gasteiger partial charge in [-0.2, -0.15) is 0 Å². The second kappa shape index (κ2) is 8.44. The van der Waals surface area contributed by atoms with E-state index < -0.39 is 11.6 Å². The average molecular weight is 411 g/mol. The number of hydrogen-bond donors (Lipinski definition) is 1. The van der Waals surface area contributed by atoms with Crippen LogP contribution in [0.15, 0.2) is 53.1 Å². The Morgan fingerprint density at radius 1 is 1.20 bits per heavy atom. The van der Waals surface area contributed by atoms with Crippen molar-refractivity contribution >= 4 is 23.2 Å². The van der Waals surface area contributed by atoms with Gasteiger partial charge < -0.3 is 14.6 Å². The second-order valence-electron chi connectivity index (χ2n) is 6.99. The van der Waals surface area contributed by atoms with E-state index in [-0.39, 0.29) is 41.9 Å². The second-order valence-corrected chi connectivity index (χ2v) is 6.99. The highest BCUT2D eigenvalue weighted by Crippen LogP contribution is 2.26. The number of nitrogens with zero attached hydrogens (tertiary/aromatic N) is 2. The van der Waals surface area contributed by atoms with Crippen molar-refractivity contribution in [2.24, 2.45) is 0 Å². The molecule has 0 unspecified atom stereocenters. The predicted molar refractivity (Wildman–Crippen MR) is 107 cm³/mol. The Bertz CT molecular complexity index is 1100. The van der Waals surface area contributed by atoms with E-state index in [4.69, 9.17) is 4.42 Å². The van der Waals surface area contributed by atoms with E-state index in [2.05, 4.69) is 10.3 Å². The molecule has 2 aromatic carbocycles. The van der Waals surface area contributed by atoms with Gasteiger partial charge in [0.1, 0.15) is 11.6 Å². The summed E-state index contributed by atoms with van der Waals surface area (Å²) in [5.74, 6) is -1.13. The molecule has 1 aromatic heterocycles. The molecule has 3 aromatic rings. The lowest BCUT2D eigenvalue weighted by molar-refractivity contribution is -0.117. The third kappa shape index (κ3) is 4.37. The summed E-state index contributed by atoms with van der Waals surface area (Å²) in [4.78, 5) is 29.9. The van der Waals surface area contributed by atoms with Crippen LogP contribution in [-0.2, 0) is 16.0 Å². The molecular weight excluding hydrogens is 392 g/mol. The van der Waals surface area contributed by atoms with Crippen molar-refractivity contribution in [3.63, 3.8) is 0 Å². The highest BCUT2D eigenvalue weighted by atomic mass is 19.1. The van der Waals surface area contributed by atoms with Crippen LogP contribution >= 0.6 is 0 Å². The molecule has 2 amide bonds. The Hall–Kier alpha value is -3.55. The Kier molecular flexibility index (Phi) is 5.56. The van der Waals surface area contributed by atoms with Crippen molar-refractivity contribution in [1.82, 2.24) is 4.98 Å². The number of carbonyl (C=O) groups is 2. The summed E-state index contributed by atoms with van der Waals surface area (Å²) in [6.07, 6.45) is 3.05. The molecule has 0 spiro atoms. The summed E-state index contributed by atoms with van der Waals surface area (Å²) >= 11 is 0. The Morgan fingerprint density at radius 3 is 2.83 bits per heavy atom. The first-order valence-electron chi connectivity index (χ1n) is 9.60. The summed E-state index contributed by atoms with van der Waals surface area (Å²) in [6, 6.07) is 10.3. The van der Waals surface area contributed by atoms with E-state index in [0.29, 0.717) is 18.7 Å². The fourth-order valence-electron chi connectivity index (χ4n) is 3.36. The predicted octanol–water partition coefficient (Wildman–Crippen LogP) is 4.32. The molecular formula is C22H19F2N3O3. The summed E-state index contributed by atoms with van der Waals surface area (Å²) in [6.45, 7) is 0.678. The van der Waals surface area contributed by atoms with Gasteiger partial charge in [-0.15, -0.1) is 0 Å². The molecule has 0 bridgehead atoms. The SMILES string of the molecule is O=C(CCc1ncc(-c2ccc(F)cc2F)o1)Nc1cccc(N2CCCC2=O)c1. The third-order valence-corrected chi connectivity index (χ3v) is 4.83. The van der Waals surface area contributed by atoms with Gasteiger partial charge in [-0.1, -0.05) is 6.07 Å². The van der Waals surface area contributed by atoms with E-state index in [1.165, 1.54) is 12.3 Å². The molecule has 1 fully saturated rings. The highest BCUT2D eigenvalue weighted by Gasteiger charge is 2.21. The largest absolute Gasteiger partial charge is 0.441 e. The Labute approximate surface area is 171 Å². The minimum absolute atomic E-state index is 0.0794. The molecule has 6 nitrogen and oxygen atoms in total. The first-order chi connectivity index (χ1) is 14.5. The first kappa shape index (κ1) is 19.8. The number of halogens is 2. The van der Waals surface area contributed by atoms with Crippen LogP contribution in [0.1, 0.15) is 25.2 Å². The molecule has 1 aliphatic heterocycles. The number of aromatic nitrogens is 1. The Morgan fingerprint density at radius 2 is 2.07 bits per heavy atom. The number of anilines is 2. The number of hydrogen-bond acceptors (Lipinski definition) is 4. The molecule has 1 aliphatic rings. The number of carbonyl (C=O) groups excluding carboxylic acids is 2. The summed E-state index contributed by atoms with van der Waals surface area (Å²) in [5.41, 5.74) is 1.46. The average Bonchev–Trinajstić information content (AvgIpc) is 3.35. The van der Waals surface area contributed by atoms with Crippen LogP contribution < -0.4 is 10.2 Å². The quantitative estimate of drug-likeness (QED) is 0.656. The fourth-order valence-corrected chi connectivity index (χ4v) is 3.36. The highest BCUT2D eigenvalue weighted by molar-refractivity contribution is 5.97. The van der Waals surface area contributed by atoms with Gasteiger partial charge in [0.15, 0.2) is 11.7 Å². The molecule has 0 saturated carbocycles. The van der Waals surface area contributed by atoms with Gasteiger partial charge in [-0.05, 0) is 36.8 Å². The zero-order valence-corrected chi connectivity index (χ0v) is 16.0. The van der Waals surface area contributed by atoms with Crippen molar-refractivity contribution in [3.05, 3.63) is 66.2 Å². The summed E-state index contributed by atoms with van der Waals surface area (Å²) < 4.78 is 32.4. The van der Waals surface area contributed by atoms with E-state index >= 15 is 0 Å². The van der Waals surface area contributed by atoms with Crippen molar-refractivity contribution in [2.45, 2.75) is 25.7 Å². The van der Waals surface area contributed by atoms with Crippen molar-refractivity contribution in [3.8, 4) is 11.3 Å². The molecule has 30 heavy (non-hydrogen) atoms. The lowest BCUT2D eigenvalue weighted by Gasteiger charge is -2.16. The third-order valence-electron chi connectivity index (χ3n) is 4.83. The van der Waals surface area contributed by atoms with E-state index in [1.807, 2.05) is 6.07 Å². The normalized spacial score (nSPS) is 13.7. The van der Waals surface area contributed by atoms with Gasteiger partial charge in [-0.25, -0.2) is 13.8 Å². The van der Waals surface area contributed by atoms with Crippen LogP contribution in [0.5, 0.6) is 0 Å². The zero-order valence-electron chi connectivity index (χ0n) is 16.0. The molecule has 154 valence electrons. The number of amides is 2. The van der Waals surface area contributed by atoms with Crippen LogP contribution in [0, 0.1) is 11.6 Å². The van der Waals surface area contributed by atoms with Gasteiger partial charge in [0.05, 0.1) is 11.8 Å². The van der Waals surface area contributed by atoms with Crippen LogP contribution in [0.3, 0.4) is 0 Å². The molecule has 8 heteroatoms. The number of oxazole rings is 1. The minimum atomic E-state index is -0.744. The van der Waals surface area contributed by atoms with Crippen LogP contribution in [0.25, 0.3) is 11.3 Å². The maximum Gasteiger partial charge on any atom is 0.227 e.